The predicted octanol–water partition coefficient (Wildman–Crippen LogP) is 1.58. The van der Waals surface area contributed by atoms with E-state index in [9.17, 15) is 4.79 Å². The molecule has 11 heavy (non-hydrogen) atoms. The number of carbonyl (C=O) groups excluding carboxylic acids is 1. The van der Waals surface area contributed by atoms with Gasteiger partial charge in [0.1, 0.15) is 6.10 Å². The molecule has 2 rings (SSSR count). The number of hydrogen-bond donors (Lipinski definition) is 0. The summed E-state index contributed by atoms with van der Waals surface area (Å²) in [6.45, 7) is 1.92. The largest absolute Gasteiger partial charge is 0.459 e. The fraction of sp³-hybridized carbons (Fsp3) is 0.444. The van der Waals surface area contributed by atoms with Crippen LogP contribution in [0, 0.1) is 0 Å². The minimum absolute atomic E-state index is 0.0593. The molecule has 0 saturated carbocycles. The van der Waals surface area contributed by atoms with Crippen LogP contribution >= 0.6 is 0 Å². The summed E-state index contributed by atoms with van der Waals surface area (Å²) < 4.78 is 5.06. The van der Waals surface area contributed by atoms with Crippen molar-refractivity contribution >= 4 is 5.97 Å². The van der Waals surface area contributed by atoms with Crippen molar-refractivity contribution in [3.8, 4) is 0 Å². The Hall–Kier alpha value is -1.05. The third-order valence-corrected chi connectivity index (χ3v) is 2.09. The molecule has 0 spiro atoms. The van der Waals surface area contributed by atoms with E-state index in [0.717, 1.165) is 18.4 Å². The lowest BCUT2D eigenvalue weighted by Crippen LogP contribution is -2.22. The third kappa shape index (κ3) is 0.985. The maximum Gasteiger partial charge on any atom is 0.334 e. The van der Waals surface area contributed by atoms with E-state index in [-0.39, 0.29) is 12.1 Å². The van der Waals surface area contributed by atoms with Crippen molar-refractivity contribution in [3.05, 3.63) is 23.3 Å². The number of hydrogen-bond acceptors (Lipinski definition) is 2. The summed E-state index contributed by atoms with van der Waals surface area (Å²) in [6.07, 6.45) is 5.76. The van der Waals surface area contributed by atoms with Crippen molar-refractivity contribution in [3.63, 3.8) is 0 Å². The molecule has 1 aliphatic heterocycles. The van der Waals surface area contributed by atoms with Crippen LogP contribution in [0.2, 0.25) is 0 Å². The average Bonchev–Trinajstić information content (AvgIpc) is 2.34. The quantitative estimate of drug-likeness (QED) is 0.490. The summed E-state index contributed by atoms with van der Waals surface area (Å²) in [5.74, 6) is -0.122. The third-order valence-electron chi connectivity index (χ3n) is 2.09. The maximum absolute atomic E-state index is 11.2. The highest BCUT2D eigenvalue weighted by Gasteiger charge is 2.26. The SMILES string of the molecule is CC1CC2=C(CC=C2)C(=O)O1. The van der Waals surface area contributed by atoms with Gasteiger partial charge in [-0.1, -0.05) is 12.2 Å². The molecule has 0 aromatic heterocycles. The Morgan fingerprint density at radius 3 is 3.27 bits per heavy atom. The molecule has 0 N–H and O–H groups in total. The number of cyclic esters (lactones) is 1. The second-order valence-corrected chi connectivity index (χ2v) is 3.03. The van der Waals surface area contributed by atoms with E-state index in [1.807, 2.05) is 19.1 Å². The molecule has 1 heterocycles. The van der Waals surface area contributed by atoms with Gasteiger partial charge in [0, 0.05) is 12.0 Å². The van der Waals surface area contributed by atoms with Gasteiger partial charge in [-0.25, -0.2) is 4.79 Å². The minimum Gasteiger partial charge on any atom is -0.459 e. The monoisotopic (exact) mass is 150 g/mol. The summed E-state index contributed by atoms with van der Waals surface area (Å²) in [4.78, 5) is 11.2. The summed E-state index contributed by atoms with van der Waals surface area (Å²) in [7, 11) is 0. The maximum atomic E-state index is 11.2. The van der Waals surface area contributed by atoms with E-state index in [1.54, 1.807) is 0 Å². The van der Waals surface area contributed by atoms with E-state index < -0.39 is 0 Å². The smallest absolute Gasteiger partial charge is 0.334 e. The van der Waals surface area contributed by atoms with Crippen LogP contribution in [-0.4, -0.2) is 12.1 Å². The molecule has 0 aromatic carbocycles. The van der Waals surface area contributed by atoms with Crippen molar-refractivity contribution < 1.29 is 9.53 Å². The summed E-state index contributed by atoms with van der Waals surface area (Å²) >= 11 is 0. The standard InChI is InChI=1S/C9H10O2/c1-6-5-7-3-2-4-8(7)9(10)11-6/h2-3,6H,4-5H2,1H3. The van der Waals surface area contributed by atoms with E-state index in [1.165, 1.54) is 5.57 Å². The summed E-state index contributed by atoms with van der Waals surface area (Å²) in [5.41, 5.74) is 2.04. The fourth-order valence-electron chi connectivity index (χ4n) is 1.56. The van der Waals surface area contributed by atoms with Gasteiger partial charge in [-0.15, -0.1) is 0 Å². The normalized spacial score (nSPS) is 28.8. The Morgan fingerprint density at radius 2 is 2.45 bits per heavy atom. The molecular formula is C9H10O2. The van der Waals surface area contributed by atoms with Crippen LogP contribution in [0.25, 0.3) is 0 Å². The Labute approximate surface area is 65.5 Å². The molecule has 0 fully saturated rings. The van der Waals surface area contributed by atoms with Gasteiger partial charge in [-0.2, -0.15) is 0 Å². The molecule has 2 nitrogen and oxygen atoms in total. The first-order valence-electron chi connectivity index (χ1n) is 3.87. The second kappa shape index (κ2) is 2.22. The molecule has 58 valence electrons. The molecule has 0 bridgehead atoms. The van der Waals surface area contributed by atoms with E-state index in [0.29, 0.717) is 0 Å². The zero-order chi connectivity index (χ0) is 7.84. The first-order valence-corrected chi connectivity index (χ1v) is 3.87. The van der Waals surface area contributed by atoms with Crippen molar-refractivity contribution in [1.82, 2.24) is 0 Å². The van der Waals surface area contributed by atoms with E-state index >= 15 is 0 Å². The summed E-state index contributed by atoms with van der Waals surface area (Å²) in [5, 5.41) is 0. The molecular weight excluding hydrogens is 140 g/mol. The minimum atomic E-state index is -0.122. The molecule has 0 radical (unpaired) electrons. The zero-order valence-corrected chi connectivity index (χ0v) is 6.46. The van der Waals surface area contributed by atoms with Gasteiger partial charge in [0.2, 0.25) is 0 Å². The van der Waals surface area contributed by atoms with Crippen LogP contribution in [0.4, 0.5) is 0 Å². The predicted molar refractivity (Wildman–Crippen MR) is 41.0 cm³/mol. The fourth-order valence-corrected chi connectivity index (χ4v) is 1.56. The number of carbonyl (C=O) groups is 1. The topological polar surface area (TPSA) is 26.3 Å². The highest BCUT2D eigenvalue weighted by atomic mass is 16.5. The molecule has 0 amide bonds. The van der Waals surface area contributed by atoms with Crippen LogP contribution in [0.5, 0.6) is 0 Å². The van der Waals surface area contributed by atoms with Crippen LogP contribution in [0.3, 0.4) is 0 Å². The van der Waals surface area contributed by atoms with Gasteiger partial charge in [-0.05, 0) is 18.9 Å². The van der Waals surface area contributed by atoms with Crippen LogP contribution in [-0.2, 0) is 9.53 Å². The molecule has 1 aliphatic carbocycles. The molecule has 0 aromatic rings. The Morgan fingerprint density at radius 1 is 1.64 bits per heavy atom. The van der Waals surface area contributed by atoms with Crippen molar-refractivity contribution in [1.29, 1.82) is 0 Å². The number of esters is 1. The lowest BCUT2D eigenvalue weighted by atomic mass is 10.0. The van der Waals surface area contributed by atoms with Gasteiger partial charge in [0.25, 0.3) is 0 Å². The lowest BCUT2D eigenvalue weighted by molar-refractivity contribution is -0.144. The Balaban J connectivity index is 2.33. The number of allylic oxidation sites excluding steroid dienone is 2. The number of ether oxygens (including phenoxy) is 1. The molecule has 0 saturated heterocycles. The van der Waals surface area contributed by atoms with Gasteiger partial charge < -0.3 is 4.74 Å². The number of rotatable bonds is 0. The summed E-state index contributed by atoms with van der Waals surface area (Å²) in [6, 6.07) is 0. The van der Waals surface area contributed by atoms with Crippen molar-refractivity contribution in [2.24, 2.45) is 0 Å². The highest BCUT2D eigenvalue weighted by molar-refractivity contribution is 5.92. The van der Waals surface area contributed by atoms with Crippen molar-refractivity contribution in [2.75, 3.05) is 0 Å². The van der Waals surface area contributed by atoms with E-state index in [4.69, 9.17) is 4.74 Å². The Kier molecular flexibility index (Phi) is 1.34. The van der Waals surface area contributed by atoms with Crippen LogP contribution in [0.15, 0.2) is 23.3 Å². The molecule has 1 unspecified atom stereocenters. The van der Waals surface area contributed by atoms with Gasteiger partial charge >= 0.3 is 5.97 Å². The highest BCUT2D eigenvalue weighted by Crippen LogP contribution is 2.29. The molecule has 2 aliphatic rings. The van der Waals surface area contributed by atoms with Crippen LogP contribution < -0.4 is 0 Å². The molecule has 1 atom stereocenters. The van der Waals surface area contributed by atoms with Gasteiger partial charge in [0.15, 0.2) is 0 Å². The first kappa shape index (κ1) is 6.65. The van der Waals surface area contributed by atoms with Gasteiger partial charge in [0.05, 0.1) is 0 Å². The lowest BCUT2D eigenvalue weighted by Gasteiger charge is -2.20. The second-order valence-electron chi connectivity index (χ2n) is 3.03. The van der Waals surface area contributed by atoms with Gasteiger partial charge in [-0.3, -0.25) is 0 Å². The Bertz CT molecular complexity index is 261. The van der Waals surface area contributed by atoms with Crippen LogP contribution in [0.1, 0.15) is 19.8 Å². The zero-order valence-electron chi connectivity index (χ0n) is 6.46. The van der Waals surface area contributed by atoms with E-state index in [2.05, 4.69) is 0 Å². The molecule has 2 heteroatoms. The average molecular weight is 150 g/mol. The van der Waals surface area contributed by atoms with Crippen molar-refractivity contribution in [2.45, 2.75) is 25.9 Å². The first-order chi connectivity index (χ1) is 5.27.